The molecule has 78 valence electrons. The van der Waals surface area contributed by atoms with Gasteiger partial charge >= 0.3 is 0 Å². The molecule has 2 nitrogen and oxygen atoms in total. The maximum absolute atomic E-state index is 4.12. The van der Waals surface area contributed by atoms with Crippen molar-refractivity contribution in [3.05, 3.63) is 66.7 Å². The van der Waals surface area contributed by atoms with Crippen molar-refractivity contribution in [1.82, 2.24) is 9.55 Å². The molecule has 16 heavy (non-hydrogen) atoms. The summed E-state index contributed by atoms with van der Waals surface area (Å²) in [6, 6.07) is 12.5. The summed E-state index contributed by atoms with van der Waals surface area (Å²) in [5.74, 6) is 0. The quantitative estimate of drug-likeness (QED) is 0.632. The Morgan fingerprint density at radius 2 is 1.75 bits per heavy atom. The SMILES string of the molecule is c1ccc(Cn2cc3ccncc3c2)cc1. The molecule has 0 fully saturated rings. The average Bonchev–Trinajstić information content (AvgIpc) is 2.72. The zero-order valence-electron chi connectivity index (χ0n) is 8.88. The third kappa shape index (κ3) is 1.70. The van der Waals surface area contributed by atoms with Gasteiger partial charge in [-0.25, -0.2) is 0 Å². The Kier molecular flexibility index (Phi) is 2.18. The minimum Gasteiger partial charge on any atom is -0.349 e. The highest BCUT2D eigenvalue weighted by atomic mass is 14.9. The smallest absolute Gasteiger partial charge is 0.0470 e. The molecule has 0 unspecified atom stereocenters. The van der Waals surface area contributed by atoms with Gasteiger partial charge in [0.2, 0.25) is 0 Å². The van der Waals surface area contributed by atoms with E-state index in [2.05, 4.69) is 46.2 Å². The Bertz CT molecular complexity index is 563. The lowest BCUT2D eigenvalue weighted by Gasteiger charge is -2.01. The molecule has 0 amide bonds. The van der Waals surface area contributed by atoms with Crippen LogP contribution in [0.3, 0.4) is 0 Å². The Labute approximate surface area is 94.2 Å². The van der Waals surface area contributed by atoms with Crippen molar-refractivity contribution in [2.75, 3.05) is 0 Å². The summed E-state index contributed by atoms with van der Waals surface area (Å²) in [7, 11) is 0. The van der Waals surface area contributed by atoms with Crippen molar-refractivity contribution >= 4 is 10.8 Å². The second-order valence-corrected chi connectivity index (χ2v) is 3.92. The van der Waals surface area contributed by atoms with Crippen LogP contribution in [-0.2, 0) is 6.54 Å². The van der Waals surface area contributed by atoms with Crippen molar-refractivity contribution in [1.29, 1.82) is 0 Å². The van der Waals surface area contributed by atoms with Gasteiger partial charge in [-0.15, -0.1) is 0 Å². The third-order valence-electron chi connectivity index (χ3n) is 2.70. The first kappa shape index (κ1) is 9.16. The van der Waals surface area contributed by atoms with Crippen LogP contribution in [0.2, 0.25) is 0 Å². The van der Waals surface area contributed by atoms with Crippen molar-refractivity contribution in [3.63, 3.8) is 0 Å². The van der Waals surface area contributed by atoms with E-state index in [9.17, 15) is 0 Å². The highest BCUT2D eigenvalue weighted by molar-refractivity contribution is 5.81. The van der Waals surface area contributed by atoms with E-state index in [0.29, 0.717) is 0 Å². The van der Waals surface area contributed by atoms with Crippen molar-refractivity contribution < 1.29 is 0 Å². The molecular weight excluding hydrogens is 196 g/mol. The molecule has 1 aromatic carbocycles. The van der Waals surface area contributed by atoms with Gasteiger partial charge in [-0.1, -0.05) is 30.3 Å². The number of hydrogen-bond donors (Lipinski definition) is 0. The van der Waals surface area contributed by atoms with Gasteiger partial charge < -0.3 is 4.57 Å². The van der Waals surface area contributed by atoms with Crippen LogP contribution in [0.1, 0.15) is 5.56 Å². The maximum atomic E-state index is 4.12. The predicted octanol–water partition coefficient (Wildman–Crippen LogP) is 3.08. The second-order valence-electron chi connectivity index (χ2n) is 3.92. The molecule has 3 rings (SSSR count). The molecule has 0 saturated heterocycles. The summed E-state index contributed by atoms with van der Waals surface area (Å²) in [5.41, 5.74) is 1.32. The lowest BCUT2D eigenvalue weighted by Crippen LogP contribution is -1.94. The van der Waals surface area contributed by atoms with Gasteiger partial charge in [0.25, 0.3) is 0 Å². The van der Waals surface area contributed by atoms with E-state index in [1.54, 1.807) is 0 Å². The molecule has 0 atom stereocenters. The molecule has 2 heterocycles. The first-order chi connectivity index (χ1) is 7.92. The summed E-state index contributed by atoms with van der Waals surface area (Å²) in [4.78, 5) is 4.12. The Hall–Kier alpha value is -2.09. The van der Waals surface area contributed by atoms with Crippen molar-refractivity contribution in [2.24, 2.45) is 0 Å². The number of aromatic nitrogens is 2. The van der Waals surface area contributed by atoms with E-state index in [-0.39, 0.29) is 0 Å². The highest BCUT2D eigenvalue weighted by Gasteiger charge is 1.98. The normalized spacial score (nSPS) is 10.8. The second kappa shape index (κ2) is 3.81. The van der Waals surface area contributed by atoms with Crippen molar-refractivity contribution in [3.8, 4) is 0 Å². The summed E-state index contributed by atoms with van der Waals surface area (Å²) in [5, 5.41) is 2.43. The standard InChI is InChI=1S/C14H12N2/c1-2-4-12(5-3-1)9-16-10-13-6-7-15-8-14(13)11-16/h1-8,10-11H,9H2. The van der Waals surface area contributed by atoms with Crippen LogP contribution in [0.5, 0.6) is 0 Å². The molecule has 0 bridgehead atoms. The van der Waals surface area contributed by atoms with Crippen LogP contribution >= 0.6 is 0 Å². The van der Waals surface area contributed by atoms with Gasteiger partial charge in [-0.3, -0.25) is 4.98 Å². The van der Waals surface area contributed by atoms with Gasteiger partial charge in [-0.05, 0) is 11.6 Å². The monoisotopic (exact) mass is 208 g/mol. The lowest BCUT2D eigenvalue weighted by atomic mass is 10.2. The van der Waals surface area contributed by atoms with Gasteiger partial charge in [-0.2, -0.15) is 0 Å². The van der Waals surface area contributed by atoms with E-state index in [1.165, 1.54) is 16.3 Å². The zero-order valence-corrected chi connectivity index (χ0v) is 8.88. The molecular formula is C14H12N2. The van der Waals surface area contributed by atoms with Crippen LogP contribution in [0.15, 0.2) is 61.2 Å². The molecule has 2 heteroatoms. The van der Waals surface area contributed by atoms with Gasteiger partial charge in [0.05, 0.1) is 0 Å². The number of nitrogens with zero attached hydrogens (tertiary/aromatic N) is 2. The van der Waals surface area contributed by atoms with Crippen LogP contribution in [0.4, 0.5) is 0 Å². The fraction of sp³-hybridized carbons (Fsp3) is 0.0714. The first-order valence-electron chi connectivity index (χ1n) is 5.35. The fourth-order valence-corrected chi connectivity index (χ4v) is 1.92. The van der Waals surface area contributed by atoms with Crippen molar-refractivity contribution in [2.45, 2.75) is 6.54 Å². The van der Waals surface area contributed by atoms with Crippen LogP contribution in [-0.4, -0.2) is 9.55 Å². The van der Waals surface area contributed by atoms with Gasteiger partial charge in [0, 0.05) is 42.1 Å². The molecule has 0 radical (unpaired) electrons. The topological polar surface area (TPSA) is 17.8 Å². The molecule has 0 aliphatic heterocycles. The predicted molar refractivity (Wildman–Crippen MR) is 65.3 cm³/mol. The largest absolute Gasteiger partial charge is 0.349 e. The van der Waals surface area contributed by atoms with Gasteiger partial charge in [0.15, 0.2) is 0 Å². The summed E-state index contributed by atoms with van der Waals surface area (Å²) in [6.45, 7) is 0.912. The molecule has 0 spiro atoms. The van der Waals surface area contributed by atoms with Gasteiger partial charge in [0.1, 0.15) is 0 Å². The summed E-state index contributed by atoms with van der Waals surface area (Å²) >= 11 is 0. The first-order valence-corrected chi connectivity index (χ1v) is 5.35. The number of rotatable bonds is 2. The van der Waals surface area contributed by atoms with Crippen LogP contribution in [0.25, 0.3) is 10.8 Å². The fourth-order valence-electron chi connectivity index (χ4n) is 1.92. The van der Waals surface area contributed by atoms with E-state index < -0.39 is 0 Å². The summed E-state index contributed by atoms with van der Waals surface area (Å²) in [6.07, 6.45) is 8.02. The van der Waals surface area contributed by atoms with Crippen LogP contribution < -0.4 is 0 Å². The highest BCUT2D eigenvalue weighted by Crippen LogP contribution is 2.14. The van der Waals surface area contributed by atoms with E-state index in [0.717, 1.165) is 6.54 Å². The van der Waals surface area contributed by atoms with E-state index in [4.69, 9.17) is 0 Å². The Morgan fingerprint density at radius 1 is 0.938 bits per heavy atom. The third-order valence-corrected chi connectivity index (χ3v) is 2.70. The minimum atomic E-state index is 0.912. The molecule has 0 N–H and O–H groups in total. The zero-order chi connectivity index (χ0) is 10.8. The number of fused-ring (bicyclic) bond motifs is 1. The minimum absolute atomic E-state index is 0.912. The number of hydrogen-bond acceptors (Lipinski definition) is 1. The Morgan fingerprint density at radius 3 is 2.56 bits per heavy atom. The summed E-state index contributed by atoms with van der Waals surface area (Å²) < 4.78 is 2.20. The Balaban J connectivity index is 1.95. The lowest BCUT2D eigenvalue weighted by molar-refractivity contribution is 0.810. The molecule has 3 aromatic rings. The number of pyridine rings is 1. The van der Waals surface area contributed by atoms with E-state index in [1.807, 2.05) is 24.5 Å². The maximum Gasteiger partial charge on any atom is 0.0470 e. The molecule has 2 aromatic heterocycles. The molecule has 0 aliphatic rings. The molecule has 0 saturated carbocycles. The van der Waals surface area contributed by atoms with Crippen LogP contribution in [0, 0.1) is 0 Å². The number of benzene rings is 1. The molecule has 0 aliphatic carbocycles. The van der Waals surface area contributed by atoms with E-state index >= 15 is 0 Å². The average molecular weight is 208 g/mol.